The predicted octanol–water partition coefficient (Wildman–Crippen LogP) is 2.05. The maximum Gasteiger partial charge on any atom is 0.222 e. The molecule has 0 spiro atoms. The third-order valence-electron chi connectivity index (χ3n) is 4.29. The van der Waals surface area contributed by atoms with Gasteiger partial charge in [-0.25, -0.2) is 15.0 Å². The van der Waals surface area contributed by atoms with E-state index in [2.05, 4.69) is 20.3 Å². The van der Waals surface area contributed by atoms with Crippen LogP contribution in [0.1, 0.15) is 37.8 Å². The number of carbonyl (C=O) groups excluding carboxylic acids is 2. The van der Waals surface area contributed by atoms with Crippen LogP contribution in [0.3, 0.4) is 0 Å². The smallest absolute Gasteiger partial charge is 0.222 e. The number of nitrogens with one attached hydrogen (secondary N) is 1. The maximum atomic E-state index is 12.0. The van der Waals surface area contributed by atoms with Gasteiger partial charge in [-0.1, -0.05) is 6.42 Å². The molecule has 1 aliphatic heterocycles. The number of nitrogens with zero attached hydrogens (tertiary/aromatic N) is 4. The van der Waals surface area contributed by atoms with E-state index in [0.29, 0.717) is 38.2 Å². The molecule has 7 nitrogen and oxygen atoms in total. The van der Waals surface area contributed by atoms with Gasteiger partial charge >= 0.3 is 0 Å². The van der Waals surface area contributed by atoms with Crippen LogP contribution in [0.2, 0.25) is 0 Å². The van der Waals surface area contributed by atoms with Crippen molar-refractivity contribution < 1.29 is 9.59 Å². The molecule has 26 heavy (non-hydrogen) atoms. The standard InChI is InChI=1S/C18H23N5O2S/c24-15(7-12-23-11-3-1-2-5-16(23)25)19-10-6-14-13-26-18(22-14)17-20-8-4-9-21-17/h4,8-9,13H,1-3,5-7,10-12H2,(H,19,24). The Morgan fingerprint density at radius 3 is 2.92 bits per heavy atom. The van der Waals surface area contributed by atoms with Crippen molar-refractivity contribution in [2.45, 2.75) is 38.5 Å². The fourth-order valence-electron chi connectivity index (χ4n) is 2.86. The average Bonchev–Trinajstić information content (AvgIpc) is 3.03. The third kappa shape index (κ3) is 5.32. The second-order valence-electron chi connectivity index (χ2n) is 6.26. The van der Waals surface area contributed by atoms with E-state index in [1.165, 1.54) is 11.3 Å². The zero-order valence-corrected chi connectivity index (χ0v) is 15.5. The molecular weight excluding hydrogens is 350 g/mol. The van der Waals surface area contributed by atoms with Gasteiger partial charge in [-0.15, -0.1) is 11.3 Å². The summed E-state index contributed by atoms with van der Waals surface area (Å²) in [5.41, 5.74) is 0.917. The van der Waals surface area contributed by atoms with Crippen LogP contribution in [0, 0.1) is 0 Å². The summed E-state index contributed by atoms with van der Waals surface area (Å²) in [5, 5.41) is 5.66. The molecule has 0 bridgehead atoms. The first-order valence-electron chi connectivity index (χ1n) is 8.98. The zero-order chi connectivity index (χ0) is 18.2. The van der Waals surface area contributed by atoms with Crippen molar-refractivity contribution in [1.29, 1.82) is 0 Å². The molecule has 2 aromatic rings. The molecule has 1 saturated heterocycles. The lowest BCUT2D eigenvalue weighted by Crippen LogP contribution is -2.35. The van der Waals surface area contributed by atoms with Crippen LogP contribution in [-0.4, -0.2) is 51.3 Å². The highest BCUT2D eigenvalue weighted by atomic mass is 32.1. The minimum atomic E-state index is -0.0242. The summed E-state index contributed by atoms with van der Waals surface area (Å²) in [4.78, 5) is 38.6. The molecule has 1 fully saturated rings. The number of amides is 2. The van der Waals surface area contributed by atoms with Crippen molar-refractivity contribution in [1.82, 2.24) is 25.2 Å². The maximum absolute atomic E-state index is 12.0. The molecule has 0 unspecified atom stereocenters. The Hall–Kier alpha value is -2.35. The Morgan fingerprint density at radius 2 is 2.08 bits per heavy atom. The molecule has 138 valence electrons. The lowest BCUT2D eigenvalue weighted by atomic mass is 10.2. The predicted molar refractivity (Wildman–Crippen MR) is 99.5 cm³/mol. The number of thiazole rings is 1. The molecule has 2 aromatic heterocycles. The van der Waals surface area contributed by atoms with Crippen LogP contribution in [0.15, 0.2) is 23.8 Å². The van der Waals surface area contributed by atoms with Crippen molar-refractivity contribution in [3.05, 3.63) is 29.5 Å². The molecule has 1 aliphatic rings. The van der Waals surface area contributed by atoms with Gasteiger partial charge in [0.2, 0.25) is 11.8 Å². The largest absolute Gasteiger partial charge is 0.356 e. The van der Waals surface area contributed by atoms with E-state index < -0.39 is 0 Å². The Labute approximate surface area is 156 Å². The number of aromatic nitrogens is 3. The van der Waals surface area contributed by atoms with Gasteiger partial charge in [0.25, 0.3) is 0 Å². The minimum Gasteiger partial charge on any atom is -0.356 e. The monoisotopic (exact) mass is 373 g/mol. The van der Waals surface area contributed by atoms with Crippen molar-refractivity contribution in [2.24, 2.45) is 0 Å². The first-order valence-corrected chi connectivity index (χ1v) is 9.86. The average molecular weight is 373 g/mol. The number of carbonyl (C=O) groups is 2. The van der Waals surface area contributed by atoms with Crippen LogP contribution >= 0.6 is 11.3 Å². The first kappa shape index (κ1) is 18.4. The number of hydrogen-bond acceptors (Lipinski definition) is 6. The van der Waals surface area contributed by atoms with Gasteiger partial charge in [0.1, 0.15) is 0 Å². The van der Waals surface area contributed by atoms with Gasteiger partial charge in [0, 0.05) is 56.7 Å². The van der Waals surface area contributed by atoms with Gasteiger partial charge < -0.3 is 10.2 Å². The van der Waals surface area contributed by atoms with E-state index in [4.69, 9.17) is 0 Å². The Morgan fingerprint density at radius 1 is 1.23 bits per heavy atom. The van der Waals surface area contributed by atoms with Crippen LogP contribution in [0.25, 0.3) is 10.8 Å². The van der Waals surface area contributed by atoms with Gasteiger partial charge in [0.05, 0.1) is 5.69 Å². The fraction of sp³-hybridized carbons (Fsp3) is 0.500. The van der Waals surface area contributed by atoms with Gasteiger partial charge in [-0.2, -0.15) is 0 Å². The molecule has 0 aromatic carbocycles. The molecule has 0 saturated carbocycles. The Kier molecular flexibility index (Phi) is 6.65. The van der Waals surface area contributed by atoms with Crippen LogP contribution in [0.4, 0.5) is 0 Å². The fourth-order valence-corrected chi connectivity index (χ4v) is 3.66. The summed E-state index contributed by atoms with van der Waals surface area (Å²) in [6, 6.07) is 1.77. The highest BCUT2D eigenvalue weighted by Gasteiger charge is 2.17. The molecule has 0 atom stereocenters. The van der Waals surface area contributed by atoms with Crippen molar-refractivity contribution in [3.63, 3.8) is 0 Å². The molecule has 8 heteroatoms. The SMILES string of the molecule is O=C(CCN1CCCCCC1=O)NCCc1csc(-c2ncccn2)n1. The summed E-state index contributed by atoms with van der Waals surface area (Å²) in [6.45, 7) is 1.82. The van der Waals surface area contributed by atoms with E-state index in [9.17, 15) is 9.59 Å². The van der Waals surface area contributed by atoms with Crippen molar-refractivity contribution in [3.8, 4) is 10.8 Å². The third-order valence-corrected chi connectivity index (χ3v) is 5.18. The Balaban J connectivity index is 1.38. The van der Waals surface area contributed by atoms with Crippen LogP contribution in [-0.2, 0) is 16.0 Å². The van der Waals surface area contributed by atoms with Crippen LogP contribution < -0.4 is 5.32 Å². The highest BCUT2D eigenvalue weighted by molar-refractivity contribution is 7.13. The second kappa shape index (κ2) is 9.38. The zero-order valence-electron chi connectivity index (χ0n) is 14.7. The number of likely N-dealkylation sites (tertiary alicyclic amines) is 1. The first-order chi connectivity index (χ1) is 12.7. The van der Waals surface area contributed by atoms with Gasteiger partial charge in [-0.3, -0.25) is 9.59 Å². The van der Waals surface area contributed by atoms with E-state index in [1.54, 1.807) is 18.5 Å². The molecule has 2 amide bonds. The molecule has 0 aliphatic carbocycles. The lowest BCUT2D eigenvalue weighted by molar-refractivity contribution is -0.131. The van der Waals surface area contributed by atoms with Gasteiger partial charge in [0.15, 0.2) is 10.8 Å². The van der Waals surface area contributed by atoms with Crippen molar-refractivity contribution >= 4 is 23.2 Å². The number of hydrogen-bond donors (Lipinski definition) is 1. The summed E-state index contributed by atoms with van der Waals surface area (Å²) >= 11 is 1.50. The van der Waals surface area contributed by atoms with Crippen LogP contribution in [0.5, 0.6) is 0 Å². The summed E-state index contributed by atoms with van der Waals surface area (Å²) in [6.07, 6.45) is 8.10. The van der Waals surface area contributed by atoms with E-state index in [0.717, 1.165) is 36.5 Å². The van der Waals surface area contributed by atoms with E-state index in [1.807, 2.05) is 10.3 Å². The van der Waals surface area contributed by atoms with Gasteiger partial charge in [-0.05, 0) is 18.9 Å². The van der Waals surface area contributed by atoms with E-state index in [-0.39, 0.29) is 11.8 Å². The topological polar surface area (TPSA) is 88.1 Å². The normalized spacial score (nSPS) is 14.9. The van der Waals surface area contributed by atoms with E-state index >= 15 is 0 Å². The quantitative estimate of drug-likeness (QED) is 0.802. The number of rotatable bonds is 7. The minimum absolute atomic E-state index is 0.0242. The molecule has 0 radical (unpaired) electrons. The molecule has 3 heterocycles. The highest BCUT2D eigenvalue weighted by Crippen LogP contribution is 2.19. The summed E-state index contributed by atoms with van der Waals surface area (Å²) in [5.74, 6) is 0.771. The summed E-state index contributed by atoms with van der Waals surface area (Å²) < 4.78 is 0. The Bertz CT molecular complexity index is 734. The molecular formula is C18H23N5O2S. The summed E-state index contributed by atoms with van der Waals surface area (Å²) in [7, 11) is 0. The lowest BCUT2D eigenvalue weighted by Gasteiger charge is -2.19. The second-order valence-corrected chi connectivity index (χ2v) is 7.12. The molecule has 1 N–H and O–H groups in total. The van der Waals surface area contributed by atoms with Crippen molar-refractivity contribution in [2.75, 3.05) is 19.6 Å². The molecule has 3 rings (SSSR count).